The van der Waals surface area contributed by atoms with E-state index in [-0.39, 0.29) is 32.2 Å². The van der Waals surface area contributed by atoms with Gasteiger partial charge in [-0.2, -0.15) is 0 Å². The first-order valence-electron chi connectivity index (χ1n) is 16.7. The number of rotatable bonds is 4. The van der Waals surface area contributed by atoms with Crippen molar-refractivity contribution in [3.63, 3.8) is 0 Å². The second-order valence-corrected chi connectivity index (χ2v) is 16.5. The first-order valence-corrected chi connectivity index (χ1v) is 17.7. The fraction of sp³-hybridized carbons (Fsp3) is 0.100. The van der Waals surface area contributed by atoms with Crippen LogP contribution in [-0.2, 0) is 20.1 Å². The van der Waals surface area contributed by atoms with E-state index in [0.29, 0.717) is 11.1 Å². The van der Waals surface area contributed by atoms with E-state index < -0.39 is 14.9 Å². The minimum absolute atomic E-state index is 0. The maximum atomic E-state index is 8.31. The summed E-state index contributed by atoms with van der Waals surface area (Å²) >= 11 is 0. The van der Waals surface area contributed by atoms with Crippen LogP contribution in [0.5, 0.6) is 0 Å². The van der Waals surface area contributed by atoms with Crippen molar-refractivity contribution in [1.82, 2.24) is 9.97 Å². The van der Waals surface area contributed by atoms with Gasteiger partial charge in [0.1, 0.15) is 0 Å². The number of aryl methyl sites for hydroxylation is 1. The van der Waals surface area contributed by atoms with Crippen LogP contribution in [0.15, 0.2) is 134 Å². The summed E-state index contributed by atoms with van der Waals surface area (Å²) in [6, 6.07) is 41.4. The third-order valence-electron chi connectivity index (χ3n) is 7.38. The third-order valence-corrected chi connectivity index (χ3v) is 9.41. The van der Waals surface area contributed by atoms with Crippen LogP contribution in [0, 0.1) is 19.0 Å². The number of hydrogen-bond donors (Lipinski definition) is 0. The van der Waals surface area contributed by atoms with Crippen molar-refractivity contribution in [2.24, 2.45) is 0 Å². The van der Waals surface area contributed by atoms with Gasteiger partial charge in [0.2, 0.25) is 0 Å². The van der Waals surface area contributed by atoms with Gasteiger partial charge in [0.15, 0.2) is 0 Å². The van der Waals surface area contributed by atoms with Gasteiger partial charge in [-0.1, -0.05) is 134 Å². The SMILES string of the molecule is [2H]C([2H])([2H])c1c[c-]c(-c2ccc([Si](C)(C)C)cn2)cc1-c1ccccc1.[2H]c1c([2H])c2ccccc2c2c[c-]c(-c3ccccn3)cc12.[Ir]. The largest absolute Gasteiger partial charge is 0.305 e. The molecule has 4 heteroatoms. The van der Waals surface area contributed by atoms with Gasteiger partial charge in [-0.25, -0.2) is 0 Å². The minimum Gasteiger partial charge on any atom is -0.305 e. The van der Waals surface area contributed by atoms with Gasteiger partial charge in [0.05, 0.1) is 10.8 Å². The van der Waals surface area contributed by atoms with Gasteiger partial charge >= 0.3 is 0 Å². The van der Waals surface area contributed by atoms with Crippen molar-refractivity contribution >= 4 is 34.8 Å². The maximum absolute atomic E-state index is 8.31. The molecule has 0 N–H and O–H groups in total. The molecule has 0 aliphatic rings. The molecule has 1 radical (unpaired) electrons. The van der Waals surface area contributed by atoms with Gasteiger partial charge in [0, 0.05) is 36.6 Å². The summed E-state index contributed by atoms with van der Waals surface area (Å²) in [7, 11) is -1.40. The number of aromatic nitrogens is 2. The minimum atomic E-state index is -2.19. The first kappa shape index (κ1) is 25.1. The molecule has 2 nitrogen and oxygen atoms in total. The molecule has 0 saturated carbocycles. The van der Waals surface area contributed by atoms with E-state index in [9.17, 15) is 0 Å². The van der Waals surface area contributed by atoms with Gasteiger partial charge in [-0.15, -0.1) is 58.5 Å². The zero-order valence-corrected chi connectivity index (χ0v) is 28.2. The van der Waals surface area contributed by atoms with E-state index in [1.165, 1.54) is 5.19 Å². The van der Waals surface area contributed by atoms with Gasteiger partial charge in [-0.3, -0.25) is 0 Å². The molecule has 0 fully saturated rings. The Morgan fingerprint density at radius 1 is 0.682 bits per heavy atom. The van der Waals surface area contributed by atoms with Crippen LogP contribution < -0.4 is 5.19 Å². The van der Waals surface area contributed by atoms with E-state index in [0.717, 1.165) is 49.6 Å². The molecule has 0 aliphatic carbocycles. The Kier molecular flexibility index (Phi) is 7.78. The summed E-state index contributed by atoms with van der Waals surface area (Å²) in [5.74, 6) is 0. The monoisotopic (exact) mass is 768 g/mol. The predicted molar refractivity (Wildman–Crippen MR) is 185 cm³/mol. The topological polar surface area (TPSA) is 25.8 Å². The smallest absolute Gasteiger partial charge is 0.0795 e. The fourth-order valence-corrected chi connectivity index (χ4v) is 5.98. The van der Waals surface area contributed by atoms with E-state index >= 15 is 0 Å². The van der Waals surface area contributed by atoms with Crippen molar-refractivity contribution in [3.05, 3.63) is 151 Å². The summed E-state index contributed by atoms with van der Waals surface area (Å²) in [6.45, 7) is 4.67. The zero-order chi connectivity index (χ0) is 34.1. The summed E-state index contributed by atoms with van der Waals surface area (Å²) in [5.41, 5.74) is 5.18. The molecule has 7 rings (SSSR count). The Morgan fingerprint density at radius 3 is 2.11 bits per heavy atom. The Bertz CT molecular complexity index is 2220. The van der Waals surface area contributed by atoms with Crippen LogP contribution in [0.1, 0.15) is 12.4 Å². The normalized spacial score (nSPS) is 12.9. The molecule has 0 bridgehead atoms. The number of fused-ring (bicyclic) bond motifs is 3. The van der Waals surface area contributed by atoms with Crippen molar-refractivity contribution in [1.29, 1.82) is 0 Å². The average molecular weight is 768 g/mol. The zero-order valence-electron chi connectivity index (χ0n) is 29.8. The van der Waals surface area contributed by atoms with E-state index in [2.05, 4.69) is 47.8 Å². The molecule has 0 saturated heterocycles. The molecule has 5 aromatic carbocycles. The van der Waals surface area contributed by atoms with Gasteiger partial charge < -0.3 is 9.97 Å². The first-order chi connectivity index (χ1) is 22.9. The Balaban J connectivity index is 0.000000189. The van der Waals surface area contributed by atoms with Crippen LogP contribution >= 0.6 is 0 Å². The van der Waals surface area contributed by atoms with Crippen LogP contribution in [0.3, 0.4) is 0 Å². The van der Waals surface area contributed by atoms with E-state index in [1.807, 2.05) is 103 Å². The summed E-state index contributed by atoms with van der Waals surface area (Å²) in [6.07, 6.45) is 3.68. The average Bonchev–Trinajstić information content (AvgIpc) is 3.10. The molecular formula is C40H34IrN2Si-2. The molecule has 2 aromatic heterocycles. The molecule has 219 valence electrons. The molecule has 0 spiro atoms. The standard InChI is InChI=1S/C21H22NSi.C19H12N.Ir/c1-16-10-11-18(14-20(16)17-8-6-5-7-9-17)21-13-12-19(15-22-21)23(2,3)4;1-2-6-17-14(5-1)8-9-15-13-16(10-11-18(15)17)19-7-3-4-12-20-19;/h5-10,12-15H,1-4H3;1-9,11-13H;/q2*-1;/i1D3;8D,9D;. The second kappa shape index (κ2) is 13.6. The molecular weight excluding hydrogens is 729 g/mol. The Labute approximate surface area is 282 Å². The summed E-state index contributed by atoms with van der Waals surface area (Å²) in [4.78, 5) is 8.94. The van der Waals surface area contributed by atoms with Crippen molar-refractivity contribution in [3.8, 4) is 33.6 Å². The predicted octanol–water partition coefficient (Wildman–Crippen LogP) is 9.92. The molecule has 7 aromatic rings. The molecule has 0 unspecified atom stereocenters. The van der Waals surface area contributed by atoms with Gasteiger partial charge in [0.25, 0.3) is 0 Å². The van der Waals surface area contributed by atoms with E-state index in [4.69, 9.17) is 6.85 Å². The Hall–Kier alpha value is -4.21. The van der Waals surface area contributed by atoms with Crippen molar-refractivity contribution in [2.75, 3.05) is 0 Å². The number of hydrogen-bond acceptors (Lipinski definition) is 2. The van der Waals surface area contributed by atoms with Crippen LogP contribution in [0.4, 0.5) is 0 Å². The summed E-state index contributed by atoms with van der Waals surface area (Å²) in [5, 5.41) is 4.81. The molecule has 0 atom stereocenters. The molecule has 0 aliphatic heterocycles. The van der Waals surface area contributed by atoms with Crippen molar-refractivity contribution in [2.45, 2.75) is 26.5 Å². The number of pyridine rings is 2. The third kappa shape index (κ3) is 6.95. The van der Waals surface area contributed by atoms with Crippen molar-refractivity contribution < 1.29 is 27.0 Å². The van der Waals surface area contributed by atoms with Crippen LogP contribution in [0.2, 0.25) is 19.6 Å². The fourth-order valence-electron chi connectivity index (χ4n) is 4.94. The van der Waals surface area contributed by atoms with Crippen LogP contribution in [-0.4, -0.2) is 18.0 Å². The van der Waals surface area contributed by atoms with Crippen LogP contribution in [0.25, 0.3) is 55.2 Å². The molecule has 2 heterocycles. The van der Waals surface area contributed by atoms with Gasteiger partial charge in [-0.05, 0) is 33.6 Å². The van der Waals surface area contributed by atoms with E-state index in [1.54, 1.807) is 12.3 Å². The number of benzene rings is 5. The quantitative estimate of drug-likeness (QED) is 0.101. The molecule has 0 amide bonds. The number of nitrogens with zero attached hydrogens (tertiary/aromatic N) is 2. The maximum Gasteiger partial charge on any atom is 0.0795 e. The second-order valence-electron chi connectivity index (χ2n) is 11.4. The Morgan fingerprint density at radius 2 is 1.39 bits per heavy atom. The molecule has 44 heavy (non-hydrogen) atoms. The summed E-state index contributed by atoms with van der Waals surface area (Å²) < 4.78 is 40.1.